The second kappa shape index (κ2) is 5.75. The molecule has 0 saturated carbocycles. The topological polar surface area (TPSA) is 74.7 Å². The molecule has 22 heavy (non-hydrogen) atoms. The number of rotatable bonds is 4. The molecule has 0 unspecified atom stereocenters. The number of benzene rings is 1. The third-order valence-electron chi connectivity index (χ3n) is 4.41. The standard InChI is InChI=1S/C17H17NO4/c19-15-12-8-4-5-9-13(12)16(20)18(15)14(17(21)22)10-11-6-2-1-3-7-11/h1-7,12-14H,8-10H2,(H,21,22)/t12-,13-,14-/m0/s1. The lowest BCUT2D eigenvalue weighted by Gasteiger charge is -2.23. The quantitative estimate of drug-likeness (QED) is 0.677. The molecule has 1 aromatic carbocycles. The van der Waals surface area contributed by atoms with Crippen LogP contribution in [0.25, 0.3) is 0 Å². The molecular formula is C17H17NO4. The molecule has 1 aromatic rings. The number of carbonyl (C=O) groups excluding carboxylic acids is 2. The number of carboxylic acids is 1. The molecule has 3 atom stereocenters. The van der Waals surface area contributed by atoms with Crippen molar-refractivity contribution in [3.05, 3.63) is 48.0 Å². The summed E-state index contributed by atoms with van der Waals surface area (Å²) in [6.45, 7) is 0. The van der Waals surface area contributed by atoms with E-state index in [4.69, 9.17) is 0 Å². The van der Waals surface area contributed by atoms with Crippen LogP contribution >= 0.6 is 0 Å². The van der Waals surface area contributed by atoms with Crippen molar-refractivity contribution < 1.29 is 19.5 Å². The molecule has 1 aliphatic carbocycles. The van der Waals surface area contributed by atoms with Gasteiger partial charge in [0, 0.05) is 6.42 Å². The average molecular weight is 299 g/mol. The molecule has 2 aliphatic rings. The number of imide groups is 1. The number of hydrogen-bond donors (Lipinski definition) is 1. The Labute approximate surface area is 128 Å². The Morgan fingerprint density at radius 3 is 2.14 bits per heavy atom. The smallest absolute Gasteiger partial charge is 0.327 e. The molecule has 0 spiro atoms. The summed E-state index contributed by atoms with van der Waals surface area (Å²) in [5.74, 6) is -2.62. The van der Waals surface area contributed by atoms with Crippen LogP contribution in [0.5, 0.6) is 0 Å². The van der Waals surface area contributed by atoms with Crippen LogP contribution in [0.1, 0.15) is 18.4 Å². The summed E-state index contributed by atoms with van der Waals surface area (Å²) < 4.78 is 0. The summed E-state index contributed by atoms with van der Waals surface area (Å²) in [5, 5.41) is 9.50. The Bertz CT molecular complexity index is 611. The minimum absolute atomic E-state index is 0.139. The number of carboxylic acid groups (broad SMARTS) is 1. The van der Waals surface area contributed by atoms with Crippen molar-refractivity contribution in [2.24, 2.45) is 11.8 Å². The van der Waals surface area contributed by atoms with Crippen LogP contribution in [0.2, 0.25) is 0 Å². The highest BCUT2D eigenvalue weighted by Crippen LogP contribution is 2.36. The van der Waals surface area contributed by atoms with Gasteiger partial charge in [-0.3, -0.25) is 14.5 Å². The number of nitrogens with zero attached hydrogens (tertiary/aromatic N) is 1. The van der Waals surface area contributed by atoms with Gasteiger partial charge in [-0.15, -0.1) is 0 Å². The maximum Gasteiger partial charge on any atom is 0.327 e. The third-order valence-corrected chi connectivity index (χ3v) is 4.41. The molecule has 2 amide bonds. The van der Waals surface area contributed by atoms with Gasteiger partial charge >= 0.3 is 5.97 Å². The largest absolute Gasteiger partial charge is 0.480 e. The van der Waals surface area contributed by atoms with Crippen LogP contribution in [0, 0.1) is 11.8 Å². The highest BCUT2D eigenvalue weighted by atomic mass is 16.4. The highest BCUT2D eigenvalue weighted by molar-refractivity contribution is 6.08. The van der Waals surface area contributed by atoms with Crippen LogP contribution < -0.4 is 0 Å². The van der Waals surface area contributed by atoms with Crippen molar-refractivity contribution in [1.29, 1.82) is 0 Å². The maximum atomic E-state index is 12.5. The predicted octanol–water partition coefficient (Wildman–Crippen LogP) is 1.63. The van der Waals surface area contributed by atoms with Crippen molar-refractivity contribution in [1.82, 2.24) is 4.90 Å². The fraction of sp³-hybridized carbons (Fsp3) is 0.353. The number of fused-ring (bicyclic) bond motifs is 1. The van der Waals surface area contributed by atoms with E-state index in [2.05, 4.69) is 0 Å². The normalized spacial score (nSPS) is 25.2. The fourth-order valence-corrected chi connectivity index (χ4v) is 3.26. The van der Waals surface area contributed by atoms with Gasteiger partial charge in [0.25, 0.3) is 0 Å². The van der Waals surface area contributed by atoms with E-state index in [0.29, 0.717) is 12.8 Å². The monoisotopic (exact) mass is 299 g/mol. The zero-order valence-electron chi connectivity index (χ0n) is 12.0. The van der Waals surface area contributed by atoms with Gasteiger partial charge in [-0.25, -0.2) is 4.79 Å². The Morgan fingerprint density at radius 2 is 1.64 bits per heavy atom. The van der Waals surface area contributed by atoms with Crippen molar-refractivity contribution in [2.75, 3.05) is 0 Å². The molecule has 0 aromatic heterocycles. The SMILES string of the molecule is O=C(O)[C@H](Cc1ccccc1)N1C(=O)[C@H]2CC=CC[C@@H]2C1=O. The third kappa shape index (κ3) is 2.43. The molecule has 5 nitrogen and oxygen atoms in total. The van der Waals surface area contributed by atoms with Crippen LogP contribution in [0.15, 0.2) is 42.5 Å². The lowest BCUT2D eigenvalue weighted by Crippen LogP contribution is -2.46. The van der Waals surface area contributed by atoms with Crippen molar-refractivity contribution in [2.45, 2.75) is 25.3 Å². The number of allylic oxidation sites excluding steroid dienone is 2. The minimum atomic E-state index is -1.14. The first-order valence-corrected chi connectivity index (χ1v) is 7.38. The molecule has 1 heterocycles. The summed E-state index contributed by atoms with van der Waals surface area (Å²) >= 11 is 0. The molecule has 1 aliphatic heterocycles. The number of aliphatic carboxylic acids is 1. The van der Waals surface area contributed by atoms with Crippen LogP contribution in [-0.4, -0.2) is 33.8 Å². The summed E-state index contributed by atoms with van der Waals surface area (Å²) in [6.07, 6.45) is 4.96. The Hall–Kier alpha value is -2.43. The van der Waals surface area contributed by atoms with E-state index in [1.807, 2.05) is 30.4 Å². The number of amides is 2. The molecule has 5 heteroatoms. The first kappa shape index (κ1) is 14.5. The second-order valence-corrected chi connectivity index (χ2v) is 5.75. The summed E-state index contributed by atoms with van der Waals surface area (Å²) in [7, 11) is 0. The van der Waals surface area contributed by atoms with E-state index in [1.54, 1.807) is 12.1 Å². The number of carbonyl (C=O) groups is 3. The van der Waals surface area contributed by atoms with Crippen LogP contribution in [0.3, 0.4) is 0 Å². The zero-order chi connectivity index (χ0) is 15.7. The van der Waals surface area contributed by atoms with Crippen LogP contribution in [0.4, 0.5) is 0 Å². The first-order valence-electron chi connectivity index (χ1n) is 7.38. The minimum Gasteiger partial charge on any atom is -0.480 e. The molecule has 114 valence electrons. The summed E-state index contributed by atoms with van der Waals surface area (Å²) in [4.78, 5) is 37.6. The van der Waals surface area contributed by atoms with Crippen molar-refractivity contribution in [3.63, 3.8) is 0 Å². The van der Waals surface area contributed by atoms with Gasteiger partial charge in [0.1, 0.15) is 6.04 Å². The Balaban J connectivity index is 1.87. The van der Waals surface area contributed by atoms with Gasteiger partial charge in [0.05, 0.1) is 11.8 Å². The maximum absolute atomic E-state index is 12.5. The number of hydrogen-bond acceptors (Lipinski definition) is 3. The fourth-order valence-electron chi connectivity index (χ4n) is 3.26. The molecule has 3 rings (SSSR count). The van der Waals surface area contributed by atoms with E-state index in [1.165, 1.54) is 0 Å². The second-order valence-electron chi connectivity index (χ2n) is 5.75. The zero-order valence-corrected chi connectivity index (χ0v) is 12.0. The molecule has 0 radical (unpaired) electrons. The van der Waals surface area contributed by atoms with E-state index in [-0.39, 0.29) is 18.2 Å². The van der Waals surface area contributed by atoms with E-state index < -0.39 is 23.8 Å². The van der Waals surface area contributed by atoms with Crippen molar-refractivity contribution in [3.8, 4) is 0 Å². The van der Waals surface area contributed by atoms with E-state index >= 15 is 0 Å². The van der Waals surface area contributed by atoms with Gasteiger partial charge in [-0.2, -0.15) is 0 Å². The molecule has 0 bridgehead atoms. The van der Waals surface area contributed by atoms with Crippen molar-refractivity contribution >= 4 is 17.8 Å². The predicted molar refractivity (Wildman–Crippen MR) is 78.8 cm³/mol. The molecule has 1 N–H and O–H groups in total. The summed E-state index contributed by atoms with van der Waals surface area (Å²) in [6, 6.07) is 7.93. The molecule has 1 fully saturated rings. The van der Waals surface area contributed by atoms with Gasteiger partial charge in [0.15, 0.2) is 0 Å². The lowest BCUT2D eigenvalue weighted by atomic mass is 9.85. The lowest BCUT2D eigenvalue weighted by molar-refractivity contribution is -0.155. The number of likely N-dealkylation sites (tertiary alicyclic amines) is 1. The van der Waals surface area contributed by atoms with Gasteiger partial charge < -0.3 is 5.11 Å². The average Bonchev–Trinajstić information content (AvgIpc) is 2.78. The van der Waals surface area contributed by atoms with E-state index in [0.717, 1.165) is 10.5 Å². The first-order chi connectivity index (χ1) is 10.6. The Kier molecular flexibility index (Phi) is 3.79. The molecule has 1 saturated heterocycles. The Morgan fingerprint density at radius 1 is 1.09 bits per heavy atom. The highest BCUT2D eigenvalue weighted by Gasteiger charge is 2.51. The summed E-state index contributed by atoms with van der Waals surface area (Å²) in [5.41, 5.74) is 0.795. The van der Waals surface area contributed by atoms with Crippen LogP contribution in [-0.2, 0) is 20.8 Å². The van der Waals surface area contributed by atoms with Gasteiger partial charge in [-0.1, -0.05) is 42.5 Å². The molecular weight excluding hydrogens is 282 g/mol. The van der Waals surface area contributed by atoms with Gasteiger partial charge in [-0.05, 0) is 18.4 Å². The van der Waals surface area contributed by atoms with E-state index in [9.17, 15) is 19.5 Å². The van der Waals surface area contributed by atoms with Gasteiger partial charge in [0.2, 0.25) is 11.8 Å².